The van der Waals surface area contributed by atoms with E-state index in [1.807, 2.05) is 6.92 Å². The second-order valence-corrected chi connectivity index (χ2v) is 3.21. The number of hydrogen-bond acceptors (Lipinski definition) is 3. The van der Waals surface area contributed by atoms with Crippen molar-refractivity contribution in [2.75, 3.05) is 0 Å². The highest BCUT2D eigenvalue weighted by atomic mass is 16.5. The fraction of sp³-hybridized carbons (Fsp3) is 0.500. The molecule has 70 valence electrons. The molecule has 0 bridgehead atoms. The van der Waals surface area contributed by atoms with Crippen LogP contribution in [0.1, 0.15) is 19.8 Å². The fourth-order valence-corrected chi connectivity index (χ4v) is 1.29. The van der Waals surface area contributed by atoms with Crippen LogP contribution in [-0.4, -0.2) is 16.0 Å². The first-order valence-electron chi connectivity index (χ1n) is 4.32. The monoisotopic (exact) mass is 179 g/mol. The summed E-state index contributed by atoms with van der Waals surface area (Å²) in [5.74, 6) is -1.86. The van der Waals surface area contributed by atoms with E-state index in [0.29, 0.717) is 0 Å². The van der Waals surface area contributed by atoms with Crippen molar-refractivity contribution in [3.05, 3.63) is 23.8 Å². The van der Waals surface area contributed by atoms with Crippen LogP contribution in [0.25, 0.3) is 0 Å². The first-order chi connectivity index (χ1) is 6.09. The van der Waals surface area contributed by atoms with Crippen LogP contribution < -0.4 is 0 Å². The van der Waals surface area contributed by atoms with Gasteiger partial charge in [0.15, 0.2) is 5.79 Å². The minimum atomic E-state index is -1.72. The van der Waals surface area contributed by atoms with Crippen molar-refractivity contribution in [2.24, 2.45) is 5.92 Å². The van der Waals surface area contributed by atoms with Gasteiger partial charge in [-0.3, -0.25) is 0 Å². The molecule has 13 heavy (non-hydrogen) atoms. The van der Waals surface area contributed by atoms with Crippen molar-refractivity contribution in [1.82, 2.24) is 0 Å². The number of allylic oxidation sites excluding steroid dienone is 2. The molecule has 0 aromatic carbocycles. The lowest BCUT2D eigenvalue weighted by Crippen LogP contribution is -2.26. The standard InChI is InChI=1S/C10H13NO2/c1-2-8(7-11)9-3-5-10(12,13)6-4-9/h3-5,8,12-13H,2,6H2,1H3. The Kier molecular flexibility index (Phi) is 2.86. The Morgan fingerprint density at radius 3 is 2.77 bits per heavy atom. The Bertz CT molecular complexity index is 284. The molecule has 0 amide bonds. The highest BCUT2D eigenvalue weighted by molar-refractivity contribution is 5.31. The predicted molar refractivity (Wildman–Crippen MR) is 48.4 cm³/mol. The molecule has 3 nitrogen and oxygen atoms in total. The van der Waals surface area contributed by atoms with Crippen molar-refractivity contribution in [1.29, 1.82) is 5.26 Å². The summed E-state index contributed by atoms with van der Waals surface area (Å²) in [4.78, 5) is 0. The van der Waals surface area contributed by atoms with Crippen molar-refractivity contribution in [3.8, 4) is 6.07 Å². The molecule has 1 aliphatic rings. The third-order valence-electron chi connectivity index (χ3n) is 2.15. The molecule has 0 saturated carbocycles. The first-order valence-corrected chi connectivity index (χ1v) is 4.32. The maximum Gasteiger partial charge on any atom is 0.186 e. The summed E-state index contributed by atoms with van der Waals surface area (Å²) in [6.07, 6.45) is 5.55. The molecule has 0 spiro atoms. The van der Waals surface area contributed by atoms with E-state index in [4.69, 9.17) is 15.5 Å². The molecule has 3 heteroatoms. The van der Waals surface area contributed by atoms with Gasteiger partial charge in [-0.1, -0.05) is 19.1 Å². The van der Waals surface area contributed by atoms with E-state index in [0.717, 1.165) is 12.0 Å². The topological polar surface area (TPSA) is 64.2 Å². The fourth-order valence-electron chi connectivity index (χ4n) is 1.29. The number of hydrogen-bond donors (Lipinski definition) is 2. The van der Waals surface area contributed by atoms with Crippen LogP contribution in [0.4, 0.5) is 0 Å². The molecule has 1 unspecified atom stereocenters. The summed E-state index contributed by atoms with van der Waals surface area (Å²) in [6.45, 7) is 1.93. The zero-order valence-electron chi connectivity index (χ0n) is 7.57. The van der Waals surface area contributed by atoms with Gasteiger partial charge in [0.05, 0.1) is 12.0 Å². The van der Waals surface area contributed by atoms with Gasteiger partial charge >= 0.3 is 0 Å². The summed E-state index contributed by atoms with van der Waals surface area (Å²) in [6, 6.07) is 2.17. The van der Waals surface area contributed by atoms with Crippen molar-refractivity contribution in [3.63, 3.8) is 0 Å². The van der Waals surface area contributed by atoms with Crippen LogP contribution in [0.3, 0.4) is 0 Å². The lowest BCUT2D eigenvalue weighted by Gasteiger charge is -2.21. The maximum absolute atomic E-state index is 9.16. The normalized spacial score (nSPS) is 21.8. The number of nitrogens with zero attached hydrogens (tertiary/aromatic N) is 1. The predicted octanol–water partition coefficient (Wildman–Crippen LogP) is 1.10. The van der Waals surface area contributed by atoms with E-state index < -0.39 is 5.79 Å². The number of nitriles is 1. The molecule has 0 aromatic heterocycles. The van der Waals surface area contributed by atoms with Gasteiger partial charge in [0.1, 0.15) is 0 Å². The van der Waals surface area contributed by atoms with Gasteiger partial charge in [-0.25, -0.2) is 0 Å². The van der Waals surface area contributed by atoms with Crippen LogP contribution in [0, 0.1) is 17.2 Å². The van der Waals surface area contributed by atoms with Crippen LogP contribution >= 0.6 is 0 Å². The van der Waals surface area contributed by atoms with E-state index in [1.165, 1.54) is 6.08 Å². The quantitative estimate of drug-likeness (QED) is 0.624. The summed E-state index contributed by atoms with van der Waals surface area (Å²) < 4.78 is 0. The van der Waals surface area contributed by atoms with Gasteiger partial charge in [-0.2, -0.15) is 5.26 Å². The third-order valence-corrected chi connectivity index (χ3v) is 2.15. The molecular weight excluding hydrogens is 166 g/mol. The first kappa shape index (κ1) is 9.97. The molecule has 0 radical (unpaired) electrons. The van der Waals surface area contributed by atoms with Crippen molar-refractivity contribution in [2.45, 2.75) is 25.6 Å². The molecule has 0 fully saturated rings. The highest BCUT2D eigenvalue weighted by Gasteiger charge is 2.22. The van der Waals surface area contributed by atoms with E-state index in [-0.39, 0.29) is 12.3 Å². The molecule has 0 saturated heterocycles. The Morgan fingerprint density at radius 1 is 1.69 bits per heavy atom. The van der Waals surface area contributed by atoms with Crippen LogP contribution in [0.5, 0.6) is 0 Å². The lowest BCUT2D eigenvalue weighted by atomic mass is 9.91. The van der Waals surface area contributed by atoms with Gasteiger partial charge in [-0.15, -0.1) is 0 Å². The second-order valence-electron chi connectivity index (χ2n) is 3.21. The average molecular weight is 179 g/mol. The maximum atomic E-state index is 9.16. The van der Waals surface area contributed by atoms with E-state index in [1.54, 1.807) is 12.2 Å². The highest BCUT2D eigenvalue weighted by Crippen LogP contribution is 2.24. The summed E-state index contributed by atoms with van der Waals surface area (Å²) in [7, 11) is 0. The molecule has 0 aromatic rings. The van der Waals surface area contributed by atoms with Gasteiger partial charge in [-0.05, 0) is 18.1 Å². The number of aliphatic hydroxyl groups is 2. The van der Waals surface area contributed by atoms with Crippen molar-refractivity contribution >= 4 is 0 Å². The van der Waals surface area contributed by atoms with E-state index in [9.17, 15) is 0 Å². The van der Waals surface area contributed by atoms with Gasteiger partial charge < -0.3 is 10.2 Å². The zero-order chi connectivity index (χ0) is 9.90. The second kappa shape index (κ2) is 3.73. The molecule has 0 aliphatic heterocycles. The Hall–Kier alpha value is -1.11. The largest absolute Gasteiger partial charge is 0.362 e. The third kappa shape index (κ3) is 2.41. The molecule has 1 rings (SSSR count). The molecule has 1 aliphatic carbocycles. The Balaban J connectivity index is 2.73. The average Bonchev–Trinajstić information content (AvgIpc) is 2.09. The van der Waals surface area contributed by atoms with E-state index >= 15 is 0 Å². The minimum absolute atomic E-state index is 0.132. The van der Waals surface area contributed by atoms with Gasteiger partial charge in [0.2, 0.25) is 0 Å². The summed E-state index contributed by atoms with van der Waals surface area (Å²) in [5.41, 5.74) is 0.878. The lowest BCUT2D eigenvalue weighted by molar-refractivity contribution is -0.115. The molecule has 1 atom stereocenters. The van der Waals surface area contributed by atoms with Crippen molar-refractivity contribution < 1.29 is 10.2 Å². The number of rotatable bonds is 2. The van der Waals surface area contributed by atoms with Crippen LogP contribution in [-0.2, 0) is 0 Å². The smallest absolute Gasteiger partial charge is 0.186 e. The minimum Gasteiger partial charge on any atom is -0.362 e. The SMILES string of the molecule is CCC(C#N)C1=CCC(O)(O)C=C1. The van der Waals surface area contributed by atoms with Gasteiger partial charge in [0, 0.05) is 6.42 Å². The Labute approximate surface area is 77.6 Å². The van der Waals surface area contributed by atoms with Gasteiger partial charge in [0.25, 0.3) is 0 Å². The Morgan fingerprint density at radius 2 is 2.38 bits per heavy atom. The molecular formula is C10H13NO2. The molecule has 2 N–H and O–H groups in total. The summed E-state index contributed by atoms with van der Waals surface area (Å²) in [5, 5.41) is 27.1. The summed E-state index contributed by atoms with van der Waals surface area (Å²) >= 11 is 0. The van der Waals surface area contributed by atoms with Crippen LogP contribution in [0.15, 0.2) is 23.8 Å². The van der Waals surface area contributed by atoms with Crippen LogP contribution in [0.2, 0.25) is 0 Å². The zero-order valence-corrected chi connectivity index (χ0v) is 7.57. The van der Waals surface area contributed by atoms with E-state index in [2.05, 4.69) is 6.07 Å². The molecule has 0 heterocycles.